The number of carbonyl (C=O) groups is 1. The Labute approximate surface area is 144 Å². The molecule has 1 amide bonds. The standard InChI is InChI=1S/C18H19NO4S/c20-18(16-4-1-7-21-16)19(12-14-3-2-10-24-14)13-5-6-15-17(11-13)23-9-8-22-15/h2-3,5-6,10-11,16H,1,4,7-9,12H2/t16-/m1/s1. The fourth-order valence-electron chi connectivity index (χ4n) is 3.00. The summed E-state index contributed by atoms with van der Waals surface area (Å²) in [6.07, 6.45) is 1.37. The van der Waals surface area contributed by atoms with Crippen molar-refractivity contribution in [1.82, 2.24) is 0 Å². The van der Waals surface area contributed by atoms with Gasteiger partial charge in [0.05, 0.1) is 6.54 Å². The van der Waals surface area contributed by atoms with Crippen LogP contribution in [0.15, 0.2) is 35.7 Å². The van der Waals surface area contributed by atoms with Crippen LogP contribution in [0.1, 0.15) is 17.7 Å². The van der Waals surface area contributed by atoms with Crippen LogP contribution in [0.5, 0.6) is 11.5 Å². The zero-order valence-corrected chi connectivity index (χ0v) is 14.1. The Morgan fingerprint density at radius 2 is 2.04 bits per heavy atom. The van der Waals surface area contributed by atoms with Crippen LogP contribution in [-0.2, 0) is 16.1 Å². The van der Waals surface area contributed by atoms with Gasteiger partial charge >= 0.3 is 0 Å². The summed E-state index contributed by atoms with van der Waals surface area (Å²) in [5.41, 5.74) is 0.813. The van der Waals surface area contributed by atoms with E-state index in [0.717, 1.165) is 29.2 Å². The molecule has 0 unspecified atom stereocenters. The average Bonchev–Trinajstić information content (AvgIpc) is 3.32. The fraction of sp³-hybridized carbons (Fsp3) is 0.389. The van der Waals surface area contributed by atoms with Gasteiger partial charge in [-0.1, -0.05) is 6.07 Å². The van der Waals surface area contributed by atoms with Crippen LogP contribution in [0.4, 0.5) is 5.69 Å². The molecular formula is C18H19NO4S. The summed E-state index contributed by atoms with van der Waals surface area (Å²) < 4.78 is 16.8. The number of anilines is 1. The predicted octanol–water partition coefficient (Wildman–Crippen LogP) is 3.23. The molecule has 1 atom stereocenters. The maximum Gasteiger partial charge on any atom is 0.256 e. The van der Waals surface area contributed by atoms with E-state index in [9.17, 15) is 4.79 Å². The second-order valence-corrected chi connectivity index (χ2v) is 6.87. The molecule has 1 aromatic carbocycles. The molecule has 0 N–H and O–H groups in total. The summed E-state index contributed by atoms with van der Waals surface area (Å²) in [7, 11) is 0. The monoisotopic (exact) mass is 345 g/mol. The Hall–Kier alpha value is -2.05. The minimum Gasteiger partial charge on any atom is -0.486 e. The molecular weight excluding hydrogens is 326 g/mol. The molecule has 0 aliphatic carbocycles. The third-order valence-corrected chi connectivity index (χ3v) is 5.06. The van der Waals surface area contributed by atoms with Gasteiger partial charge < -0.3 is 19.1 Å². The third-order valence-electron chi connectivity index (χ3n) is 4.20. The highest BCUT2D eigenvalue weighted by atomic mass is 32.1. The van der Waals surface area contributed by atoms with Crippen LogP contribution in [0.2, 0.25) is 0 Å². The van der Waals surface area contributed by atoms with Gasteiger partial charge in [-0.15, -0.1) is 11.3 Å². The highest BCUT2D eigenvalue weighted by Crippen LogP contribution is 2.35. The Balaban J connectivity index is 1.64. The number of hydrogen-bond donors (Lipinski definition) is 0. The van der Waals surface area contributed by atoms with Gasteiger partial charge in [0.25, 0.3) is 5.91 Å². The second-order valence-electron chi connectivity index (χ2n) is 5.83. The quantitative estimate of drug-likeness (QED) is 0.854. The minimum absolute atomic E-state index is 0.0116. The van der Waals surface area contributed by atoms with Gasteiger partial charge in [-0.2, -0.15) is 0 Å². The first-order valence-electron chi connectivity index (χ1n) is 8.16. The molecule has 2 aromatic rings. The van der Waals surface area contributed by atoms with Crippen molar-refractivity contribution < 1.29 is 19.0 Å². The normalized spacial score (nSPS) is 19.2. The molecule has 0 saturated carbocycles. The smallest absolute Gasteiger partial charge is 0.256 e. The van der Waals surface area contributed by atoms with Gasteiger partial charge in [0, 0.05) is 23.2 Å². The van der Waals surface area contributed by atoms with E-state index >= 15 is 0 Å². The first kappa shape index (κ1) is 15.5. The van der Waals surface area contributed by atoms with E-state index in [2.05, 4.69) is 0 Å². The Morgan fingerprint density at radius 3 is 2.79 bits per heavy atom. The van der Waals surface area contributed by atoms with Crippen LogP contribution in [0.25, 0.3) is 0 Å². The SMILES string of the molecule is O=C([C@H]1CCCO1)N(Cc1cccs1)c1ccc2c(c1)OCCO2. The third kappa shape index (κ3) is 3.12. The number of benzene rings is 1. The van der Waals surface area contributed by atoms with E-state index in [1.165, 1.54) is 0 Å². The van der Waals surface area contributed by atoms with Crippen molar-refractivity contribution in [2.75, 3.05) is 24.7 Å². The van der Waals surface area contributed by atoms with Crippen molar-refractivity contribution in [3.63, 3.8) is 0 Å². The summed E-state index contributed by atoms with van der Waals surface area (Å²) in [5.74, 6) is 1.43. The highest BCUT2D eigenvalue weighted by Gasteiger charge is 2.30. The molecule has 0 radical (unpaired) electrons. The first-order valence-corrected chi connectivity index (χ1v) is 9.04. The van der Waals surface area contributed by atoms with Crippen LogP contribution >= 0.6 is 11.3 Å². The number of ether oxygens (including phenoxy) is 3. The van der Waals surface area contributed by atoms with Gasteiger partial charge in [0.2, 0.25) is 0 Å². The maximum atomic E-state index is 13.0. The summed E-state index contributed by atoms with van der Waals surface area (Å²) >= 11 is 1.64. The topological polar surface area (TPSA) is 48.0 Å². The summed E-state index contributed by atoms with van der Waals surface area (Å²) in [6, 6.07) is 9.70. The van der Waals surface area contributed by atoms with E-state index in [0.29, 0.717) is 32.1 Å². The second kappa shape index (κ2) is 6.83. The zero-order valence-electron chi connectivity index (χ0n) is 13.3. The number of amides is 1. The van der Waals surface area contributed by atoms with Gasteiger partial charge in [0.1, 0.15) is 19.3 Å². The molecule has 1 fully saturated rings. The summed E-state index contributed by atoms with van der Waals surface area (Å²) in [5, 5.41) is 2.02. The minimum atomic E-state index is -0.349. The van der Waals surface area contributed by atoms with E-state index in [4.69, 9.17) is 14.2 Å². The Kier molecular flexibility index (Phi) is 4.40. The van der Waals surface area contributed by atoms with Gasteiger partial charge in [-0.05, 0) is 36.4 Å². The van der Waals surface area contributed by atoms with Crippen LogP contribution < -0.4 is 14.4 Å². The lowest BCUT2D eigenvalue weighted by Crippen LogP contribution is -2.38. The molecule has 5 nitrogen and oxygen atoms in total. The first-order chi connectivity index (χ1) is 11.8. The maximum absolute atomic E-state index is 13.0. The molecule has 1 saturated heterocycles. The number of carbonyl (C=O) groups excluding carboxylic acids is 1. The van der Waals surface area contributed by atoms with Crippen molar-refractivity contribution in [3.05, 3.63) is 40.6 Å². The lowest BCUT2D eigenvalue weighted by atomic mass is 10.1. The molecule has 6 heteroatoms. The largest absolute Gasteiger partial charge is 0.486 e. The molecule has 4 rings (SSSR count). The van der Waals surface area contributed by atoms with Gasteiger partial charge in [0.15, 0.2) is 11.5 Å². The average molecular weight is 345 g/mol. The molecule has 0 spiro atoms. The molecule has 2 aliphatic rings. The van der Waals surface area contributed by atoms with Crippen molar-refractivity contribution in [2.24, 2.45) is 0 Å². The van der Waals surface area contributed by atoms with E-state index < -0.39 is 0 Å². The predicted molar refractivity (Wildman–Crippen MR) is 91.9 cm³/mol. The Morgan fingerprint density at radius 1 is 1.17 bits per heavy atom. The van der Waals surface area contributed by atoms with E-state index in [-0.39, 0.29) is 12.0 Å². The molecule has 126 valence electrons. The van der Waals surface area contributed by atoms with Crippen molar-refractivity contribution >= 4 is 22.9 Å². The molecule has 0 bridgehead atoms. The molecule has 3 heterocycles. The molecule has 24 heavy (non-hydrogen) atoms. The fourth-order valence-corrected chi connectivity index (χ4v) is 3.69. The zero-order chi connectivity index (χ0) is 16.4. The number of thiophene rings is 1. The van der Waals surface area contributed by atoms with Crippen molar-refractivity contribution in [3.8, 4) is 11.5 Å². The lowest BCUT2D eigenvalue weighted by molar-refractivity contribution is -0.127. The van der Waals surface area contributed by atoms with Crippen LogP contribution in [0, 0.1) is 0 Å². The van der Waals surface area contributed by atoms with Gasteiger partial charge in [-0.25, -0.2) is 0 Å². The van der Waals surface area contributed by atoms with Crippen molar-refractivity contribution in [1.29, 1.82) is 0 Å². The van der Waals surface area contributed by atoms with Crippen molar-refractivity contribution in [2.45, 2.75) is 25.5 Å². The number of nitrogens with zero attached hydrogens (tertiary/aromatic N) is 1. The van der Waals surface area contributed by atoms with Crippen LogP contribution in [0.3, 0.4) is 0 Å². The summed E-state index contributed by atoms with van der Waals surface area (Å²) in [6.45, 7) is 2.28. The summed E-state index contributed by atoms with van der Waals surface area (Å²) in [4.78, 5) is 15.9. The van der Waals surface area contributed by atoms with E-state index in [1.54, 1.807) is 16.2 Å². The van der Waals surface area contributed by atoms with Crippen LogP contribution in [-0.4, -0.2) is 31.8 Å². The van der Waals surface area contributed by atoms with E-state index in [1.807, 2.05) is 35.7 Å². The number of fused-ring (bicyclic) bond motifs is 1. The Bertz CT molecular complexity index is 710. The number of rotatable bonds is 4. The number of hydrogen-bond acceptors (Lipinski definition) is 5. The van der Waals surface area contributed by atoms with Gasteiger partial charge in [-0.3, -0.25) is 4.79 Å². The highest BCUT2D eigenvalue weighted by molar-refractivity contribution is 7.09. The lowest BCUT2D eigenvalue weighted by Gasteiger charge is -2.27. The molecule has 1 aromatic heterocycles. The molecule has 2 aliphatic heterocycles.